The normalized spacial score (nSPS) is 20.6. The second-order valence-corrected chi connectivity index (χ2v) is 9.99. The topological polar surface area (TPSA) is 59.6 Å². The molecule has 0 spiro atoms. The van der Waals surface area contributed by atoms with E-state index in [4.69, 9.17) is 9.47 Å². The van der Waals surface area contributed by atoms with Crippen molar-refractivity contribution in [3.63, 3.8) is 0 Å². The average Bonchev–Trinajstić information content (AvgIpc) is 3.12. The number of anilines is 1. The number of fused-ring (bicyclic) bond motifs is 3. The van der Waals surface area contributed by atoms with E-state index in [9.17, 15) is 4.79 Å². The van der Waals surface area contributed by atoms with Crippen molar-refractivity contribution in [1.29, 1.82) is 0 Å². The van der Waals surface area contributed by atoms with Gasteiger partial charge in [0.05, 0.1) is 19.3 Å². The molecule has 2 heterocycles. The molecule has 0 radical (unpaired) electrons. The number of nitrogens with one attached hydrogen (secondary N) is 2. The van der Waals surface area contributed by atoms with E-state index in [2.05, 4.69) is 31.4 Å². The summed E-state index contributed by atoms with van der Waals surface area (Å²) in [6, 6.07) is 5.81. The number of hydrogen-bond acceptors (Lipinski definition) is 5. The third-order valence-corrected chi connectivity index (χ3v) is 8.07. The summed E-state index contributed by atoms with van der Waals surface area (Å²) in [5, 5.41) is 7.70. The lowest BCUT2D eigenvalue weighted by Crippen LogP contribution is -2.38. The summed E-state index contributed by atoms with van der Waals surface area (Å²) in [6.45, 7) is 9.54. The molecular weight excluding hydrogens is 396 g/mol. The number of thiophene rings is 1. The molecule has 2 N–H and O–H groups in total. The molecule has 0 bridgehead atoms. The molecule has 1 aromatic carbocycles. The molecule has 0 unspecified atom stereocenters. The lowest BCUT2D eigenvalue weighted by Gasteiger charge is -2.36. The minimum Gasteiger partial charge on any atom is -0.493 e. The summed E-state index contributed by atoms with van der Waals surface area (Å²) >= 11 is 1.76. The van der Waals surface area contributed by atoms with Crippen LogP contribution in [0.2, 0.25) is 0 Å². The number of carbonyl (C=O) groups excluding carboxylic acids is 1. The largest absolute Gasteiger partial charge is 0.493 e. The van der Waals surface area contributed by atoms with E-state index in [-0.39, 0.29) is 12.1 Å². The van der Waals surface area contributed by atoms with E-state index in [1.165, 1.54) is 16.9 Å². The number of carbonyl (C=O) groups is 1. The van der Waals surface area contributed by atoms with Crippen LogP contribution in [0.3, 0.4) is 0 Å². The number of benzene rings is 1. The molecule has 0 fully saturated rings. The fraction of sp³-hybridized carbons (Fsp3) is 0.542. The first-order valence-corrected chi connectivity index (χ1v) is 11.7. The smallest absolute Gasteiger partial charge is 0.256 e. The van der Waals surface area contributed by atoms with Crippen LogP contribution in [0.15, 0.2) is 18.2 Å². The molecule has 2 atom stereocenters. The third kappa shape index (κ3) is 3.66. The lowest BCUT2D eigenvalue weighted by atomic mass is 9.69. The lowest BCUT2D eigenvalue weighted by molar-refractivity contribution is 0.0934. The molecule has 1 aliphatic heterocycles. The van der Waals surface area contributed by atoms with Crippen LogP contribution in [-0.4, -0.2) is 19.6 Å². The van der Waals surface area contributed by atoms with Crippen molar-refractivity contribution < 1.29 is 14.3 Å². The monoisotopic (exact) mass is 428 g/mol. The van der Waals surface area contributed by atoms with Crippen LogP contribution in [0.1, 0.15) is 73.1 Å². The van der Waals surface area contributed by atoms with Crippen LogP contribution in [0.25, 0.3) is 0 Å². The van der Waals surface area contributed by atoms with Gasteiger partial charge in [0.25, 0.3) is 5.91 Å². The van der Waals surface area contributed by atoms with Gasteiger partial charge in [-0.1, -0.05) is 33.3 Å². The van der Waals surface area contributed by atoms with Crippen molar-refractivity contribution >= 4 is 22.2 Å². The molecular formula is C24H32N2O3S. The van der Waals surface area contributed by atoms with Gasteiger partial charge in [-0.15, -0.1) is 11.3 Å². The summed E-state index contributed by atoms with van der Waals surface area (Å²) < 4.78 is 11.1. The van der Waals surface area contributed by atoms with Gasteiger partial charge in [0.15, 0.2) is 11.5 Å². The van der Waals surface area contributed by atoms with Gasteiger partial charge in [-0.05, 0) is 60.8 Å². The third-order valence-electron chi connectivity index (χ3n) is 6.88. The maximum Gasteiger partial charge on any atom is 0.256 e. The number of hydrogen-bond donors (Lipinski definition) is 2. The maximum atomic E-state index is 13.1. The Labute approximate surface area is 183 Å². The molecule has 4 rings (SSSR count). The Balaban J connectivity index is 1.60. The van der Waals surface area contributed by atoms with Gasteiger partial charge in [0.1, 0.15) is 11.2 Å². The second kappa shape index (κ2) is 8.14. The molecule has 1 aromatic heterocycles. The Kier molecular flexibility index (Phi) is 5.71. The summed E-state index contributed by atoms with van der Waals surface area (Å²) in [7, 11) is 1.63. The number of ether oxygens (including phenoxy) is 2. The van der Waals surface area contributed by atoms with Crippen molar-refractivity contribution in [3.05, 3.63) is 39.8 Å². The van der Waals surface area contributed by atoms with Crippen molar-refractivity contribution in [2.24, 2.45) is 11.3 Å². The van der Waals surface area contributed by atoms with Crippen molar-refractivity contribution in [2.75, 3.05) is 19.0 Å². The SMILES string of the molecule is CCOc1ccc([C@H]2NC(=O)c3c(sc4c3CC[C@@H](C(C)(C)CC)C4)N2)cc1OC. The first kappa shape index (κ1) is 21.0. The Morgan fingerprint density at radius 1 is 1.20 bits per heavy atom. The first-order chi connectivity index (χ1) is 14.4. The van der Waals surface area contributed by atoms with Crippen LogP contribution in [0.5, 0.6) is 11.5 Å². The highest BCUT2D eigenvalue weighted by molar-refractivity contribution is 7.16. The van der Waals surface area contributed by atoms with Crippen molar-refractivity contribution in [2.45, 2.75) is 59.5 Å². The number of methoxy groups -OCH3 is 1. The van der Waals surface area contributed by atoms with Gasteiger partial charge in [0.2, 0.25) is 0 Å². The average molecular weight is 429 g/mol. The van der Waals surface area contributed by atoms with E-state index in [0.717, 1.165) is 35.4 Å². The van der Waals surface area contributed by atoms with Crippen LogP contribution >= 0.6 is 11.3 Å². The fourth-order valence-electron chi connectivity index (χ4n) is 4.56. The molecule has 6 heteroatoms. The summed E-state index contributed by atoms with van der Waals surface area (Å²) in [6.07, 6.45) is 4.12. The predicted molar refractivity (Wildman–Crippen MR) is 122 cm³/mol. The van der Waals surface area contributed by atoms with Gasteiger partial charge in [-0.3, -0.25) is 4.79 Å². The Morgan fingerprint density at radius 2 is 2.00 bits per heavy atom. The standard InChI is InChI=1S/C24H32N2O3S/c1-6-24(3,4)15-9-10-16-19(13-15)30-23-20(16)22(27)25-21(26-23)14-8-11-17(29-7-2)18(12-14)28-5/h8,11-12,15,21,26H,6-7,9-10,13H2,1-5H3,(H,25,27)/t15-,21+/m1/s1. The van der Waals surface area contributed by atoms with Gasteiger partial charge in [-0.25, -0.2) is 0 Å². The number of amides is 1. The van der Waals surface area contributed by atoms with Crippen molar-refractivity contribution in [3.8, 4) is 11.5 Å². The van der Waals surface area contributed by atoms with Gasteiger partial charge in [0, 0.05) is 4.88 Å². The van der Waals surface area contributed by atoms with E-state index in [1.807, 2.05) is 25.1 Å². The molecule has 162 valence electrons. The van der Waals surface area contributed by atoms with E-state index >= 15 is 0 Å². The minimum absolute atomic E-state index is 0.0207. The van der Waals surface area contributed by atoms with Crippen LogP contribution < -0.4 is 20.1 Å². The molecule has 1 aliphatic carbocycles. The molecule has 1 amide bonds. The molecule has 0 saturated heterocycles. The van der Waals surface area contributed by atoms with E-state index < -0.39 is 0 Å². The van der Waals surface area contributed by atoms with Crippen LogP contribution in [0.4, 0.5) is 5.00 Å². The molecule has 2 aromatic rings. The highest BCUT2D eigenvalue weighted by atomic mass is 32.1. The summed E-state index contributed by atoms with van der Waals surface area (Å²) in [4.78, 5) is 14.4. The Bertz CT molecular complexity index is 950. The highest BCUT2D eigenvalue weighted by Gasteiger charge is 2.37. The summed E-state index contributed by atoms with van der Waals surface area (Å²) in [5.41, 5.74) is 3.40. The Morgan fingerprint density at radius 3 is 2.70 bits per heavy atom. The molecule has 5 nitrogen and oxygen atoms in total. The summed E-state index contributed by atoms with van der Waals surface area (Å²) in [5.74, 6) is 2.07. The zero-order valence-electron chi connectivity index (χ0n) is 18.6. The minimum atomic E-state index is -0.280. The molecule has 30 heavy (non-hydrogen) atoms. The van der Waals surface area contributed by atoms with Gasteiger partial charge >= 0.3 is 0 Å². The maximum absolute atomic E-state index is 13.1. The predicted octanol–water partition coefficient (Wildman–Crippen LogP) is 5.55. The van der Waals surface area contributed by atoms with Gasteiger partial charge in [-0.2, -0.15) is 0 Å². The highest BCUT2D eigenvalue weighted by Crippen LogP contribution is 2.47. The second-order valence-electron chi connectivity index (χ2n) is 8.88. The molecule has 2 aliphatic rings. The van der Waals surface area contributed by atoms with Crippen molar-refractivity contribution in [1.82, 2.24) is 5.32 Å². The van der Waals surface area contributed by atoms with Gasteiger partial charge < -0.3 is 20.1 Å². The van der Waals surface area contributed by atoms with Crippen LogP contribution in [0, 0.1) is 11.3 Å². The molecule has 0 saturated carbocycles. The zero-order valence-corrected chi connectivity index (χ0v) is 19.4. The first-order valence-electron chi connectivity index (χ1n) is 10.9. The number of rotatable bonds is 6. The van der Waals surface area contributed by atoms with Crippen LogP contribution in [-0.2, 0) is 12.8 Å². The zero-order chi connectivity index (χ0) is 21.5. The van der Waals surface area contributed by atoms with E-state index in [0.29, 0.717) is 29.4 Å². The van der Waals surface area contributed by atoms with E-state index in [1.54, 1.807) is 18.4 Å². The quantitative estimate of drug-likeness (QED) is 0.633. The fourth-order valence-corrected chi connectivity index (χ4v) is 5.91. The Hall–Kier alpha value is -2.21.